The van der Waals surface area contributed by atoms with Crippen LogP contribution in [-0.4, -0.2) is 18.2 Å². The lowest BCUT2D eigenvalue weighted by Gasteiger charge is -2.27. The van der Waals surface area contributed by atoms with Gasteiger partial charge in [-0.2, -0.15) is 17.2 Å². The van der Waals surface area contributed by atoms with Crippen molar-refractivity contribution in [2.45, 2.75) is 30.9 Å². The smallest absolute Gasteiger partial charge is 0.281 e. The normalized spacial score (nSPS) is 20.6. The summed E-state index contributed by atoms with van der Waals surface area (Å²) in [5, 5.41) is -3.96. The van der Waals surface area contributed by atoms with Gasteiger partial charge in [0, 0.05) is 6.42 Å². The number of hydrogen-bond acceptors (Lipinski definition) is 2. The highest BCUT2D eigenvalue weighted by molar-refractivity contribution is 7.86. The van der Waals surface area contributed by atoms with Crippen molar-refractivity contribution in [3.05, 3.63) is 0 Å². The Kier molecular flexibility index (Phi) is 2.40. The highest BCUT2D eigenvalue weighted by Gasteiger charge is 2.46. The molecule has 0 saturated heterocycles. The summed E-state index contributed by atoms with van der Waals surface area (Å²) < 4.78 is 53.5. The maximum absolute atomic E-state index is 12.6. The molecule has 0 heterocycles. The minimum atomic E-state index is -5.21. The second-order valence-electron chi connectivity index (χ2n) is 3.11. The Hall–Kier alpha value is -0.230. The highest BCUT2D eigenvalue weighted by Crippen LogP contribution is 2.38. The van der Waals surface area contributed by atoms with Crippen LogP contribution in [0.4, 0.5) is 8.78 Å². The van der Waals surface area contributed by atoms with Gasteiger partial charge in [-0.1, -0.05) is 19.3 Å². The zero-order valence-electron chi connectivity index (χ0n) is 6.33. The maximum Gasteiger partial charge on any atom is 0.370 e. The van der Waals surface area contributed by atoms with Crippen LogP contribution in [0.3, 0.4) is 0 Å². The van der Waals surface area contributed by atoms with Gasteiger partial charge >= 0.3 is 15.4 Å². The van der Waals surface area contributed by atoms with E-state index in [2.05, 4.69) is 0 Å². The third kappa shape index (κ3) is 1.92. The molecule has 1 rings (SSSR count). The van der Waals surface area contributed by atoms with Gasteiger partial charge < -0.3 is 0 Å². The number of hydrogen-bond donors (Lipinski definition) is 1. The van der Waals surface area contributed by atoms with Crippen molar-refractivity contribution in [3.8, 4) is 0 Å². The zero-order valence-corrected chi connectivity index (χ0v) is 7.15. The van der Waals surface area contributed by atoms with Crippen LogP contribution in [0.2, 0.25) is 0 Å². The molecule has 12 heavy (non-hydrogen) atoms. The van der Waals surface area contributed by atoms with Crippen LogP contribution < -0.4 is 0 Å². The third-order valence-electron chi connectivity index (χ3n) is 2.13. The van der Waals surface area contributed by atoms with E-state index < -0.39 is 21.8 Å². The van der Waals surface area contributed by atoms with Crippen molar-refractivity contribution in [1.29, 1.82) is 0 Å². The van der Waals surface area contributed by atoms with Crippen molar-refractivity contribution in [1.82, 2.24) is 0 Å². The van der Waals surface area contributed by atoms with Crippen LogP contribution in [0.1, 0.15) is 25.7 Å². The monoisotopic (exact) mass is 200 g/mol. The Morgan fingerprint density at radius 3 is 2.17 bits per heavy atom. The first kappa shape index (κ1) is 9.85. The Balaban J connectivity index is 2.59. The summed E-state index contributed by atoms with van der Waals surface area (Å²) in [6, 6.07) is 0. The summed E-state index contributed by atoms with van der Waals surface area (Å²) in [5.74, 6) is -0.248. The fraction of sp³-hybridized carbons (Fsp3) is 1.00. The Labute approximate surface area is 69.5 Å². The van der Waals surface area contributed by atoms with Crippen molar-refractivity contribution in [3.63, 3.8) is 0 Å². The van der Waals surface area contributed by atoms with E-state index in [1.54, 1.807) is 0 Å². The first-order valence-electron chi connectivity index (χ1n) is 3.68. The minimum absolute atomic E-state index is 0.248. The molecule has 0 aromatic rings. The molecule has 0 aliphatic heterocycles. The molecule has 0 unspecified atom stereocenters. The van der Waals surface area contributed by atoms with Gasteiger partial charge in [0.05, 0.1) is 0 Å². The van der Waals surface area contributed by atoms with Gasteiger partial charge in [-0.3, -0.25) is 4.55 Å². The summed E-state index contributed by atoms with van der Waals surface area (Å²) >= 11 is 0. The quantitative estimate of drug-likeness (QED) is 0.705. The highest BCUT2D eigenvalue weighted by atomic mass is 32.2. The van der Waals surface area contributed by atoms with Crippen molar-refractivity contribution in [2.75, 3.05) is 0 Å². The lowest BCUT2D eigenvalue weighted by molar-refractivity contribution is 0.0376. The molecule has 1 fully saturated rings. The summed E-state index contributed by atoms with van der Waals surface area (Å²) in [5.41, 5.74) is 0. The molecule has 0 amide bonds. The fourth-order valence-corrected chi connectivity index (χ4v) is 1.58. The van der Waals surface area contributed by atoms with Crippen molar-refractivity contribution in [2.24, 2.45) is 5.92 Å². The van der Waals surface area contributed by atoms with Crippen LogP contribution in [0.5, 0.6) is 0 Å². The summed E-state index contributed by atoms with van der Waals surface area (Å²) in [6.45, 7) is 0. The average molecular weight is 200 g/mol. The van der Waals surface area contributed by atoms with Gasteiger partial charge in [-0.15, -0.1) is 0 Å². The number of alkyl halides is 2. The standard InChI is InChI=1S/C6H10F2O3S/c7-6(8,12(9,10)11)4-5-2-1-3-5/h5H,1-4H2,(H,9,10,11). The molecule has 0 atom stereocenters. The maximum atomic E-state index is 12.6. The fourth-order valence-electron chi connectivity index (χ4n) is 1.14. The third-order valence-corrected chi connectivity index (χ3v) is 3.05. The van der Waals surface area contributed by atoms with E-state index in [-0.39, 0.29) is 5.92 Å². The molecule has 0 aromatic carbocycles. The summed E-state index contributed by atoms with van der Waals surface area (Å²) in [4.78, 5) is 0. The number of halogens is 2. The molecule has 1 aliphatic rings. The van der Waals surface area contributed by atoms with Crippen LogP contribution in [0.25, 0.3) is 0 Å². The molecule has 0 bridgehead atoms. The molecule has 0 spiro atoms. The molecule has 1 saturated carbocycles. The van der Waals surface area contributed by atoms with Gasteiger partial charge in [-0.05, 0) is 5.92 Å². The van der Waals surface area contributed by atoms with E-state index in [4.69, 9.17) is 4.55 Å². The van der Waals surface area contributed by atoms with Crippen molar-refractivity contribution >= 4 is 10.1 Å². The first-order chi connectivity index (χ1) is 5.33. The van der Waals surface area contributed by atoms with Gasteiger partial charge in [0.1, 0.15) is 0 Å². The van der Waals surface area contributed by atoms with Crippen LogP contribution >= 0.6 is 0 Å². The molecule has 72 valence electrons. The summed E-state index contributed by atoms with van der Waals surface area (Å²) in [7, 11) is -5.21. The van der Waals surface area contributed by atoms with Gasteiger partial charge in [0.2, 0.25) is 0 Å². The van der Waals surface area contributed by atoms with E-state index in [1.165, 1.54) is 0 Å². The zero-order chi connectivity index (χ0) is 9.41. The van der Waals surface area contributed by atoms with Crippen LogP contribution in [0, 0.1) is 5.92 Å². The van der Waals surface area contributed by atoms with Gasteiger partial charge in [-0.25, -0.2) is 0 Å². The van der Waals surface area contributed by atoms with E-state index in [0.29, 0.717) is 12.8 Å². The summed E-state index contributed by atoms with van der Waals surface area (Å²) in [6.07, 6.45) is 1.38. The van der Waals surface area contributed by atoms with Crippen LogP contribution in [0.15, 0.2) is 0 Å². The van der Waals surface area contributed by atoms with E-state index in [9.17, 15) is 17.2 Å². The number of rotatable bonds is 3. The largest absolute Gasteiger partial charge is 0.370 e. The van der Waals surface area contributed by atoms with Crippen LogP contribution in [-0.2, 0) is 10.1 Å². The predicted octanol–water partition coefficient (Wildman–Crippen LogP) is 1.66. The lowest BCUT2D eigenvalue weighted by Crippen LogP contribution is -2.32. The topological polar surface area (TPSA) is 54.4 Å². The second kappa shape index (κ2) is 2.92. The molecular formula is C6H10F2O3S. The Morgan fingerprint density at radius 2 is 1.92 bits per heavy atom. The Morgan fingerprint density at radius 1 is 1.42 bits per heavy atom. The molecule has 3 nitrogen and oxygen atoms in total. The molecule has 6 heteroatoms. The molecular weight excluding hydrogens is 190 g/mol. The Bertz CT molecular complexity index is 256. The van der Waals surface area contributed by atoms with E-state index in [0.717, 1.165) is 6.42 Å². The lowest BCUT2D eigenvalue weighted by atomic mass is 9.83. The predicted molar refractivity (Wildman–Crippen MR) is 38.5 cm³/mol. The molecule has 0 radical (unpaired) electrons. The van der Waals surface area contributed by atoms with E-state index in [1.807, 2.05) is 0 Å². The SMILES string of the molecule is O=S(=O)(O)C(F)(F)CC1CCC1. The first-order valence-corrected chi connectivity index (χ1v) is 5.12. The molecule has 0 aromatic heterocycles. The van der Waals surface area contributed by atoms with Gasteiger partial charge in [0.25, 0.3) is 0 Å². The van der Waals surface area contributed by atoms with E-state index >= 15 is 0 Å². The molecule has 1 N–H and O–H groups in total. The minimum Gasteiger partial charge on any atom is -0.281 e. The molecule has 1 aliphatic carbocycles. The van der Waals surface area contributed by atoms with Crippen molar-refractivity contribution < 1.29 is 21.8 Å². The van der Waals surface area contributed by atoms with Gasteiger partial charge in [0.15, 0.2) is 0 Å². The second-order valence-corrected chi connectivity index (χ2v) is 4.66. The average Bonchev–Trinajstić information content (AvgIpc) is 1.76.